The molecule has 0 saturated heterocycles. The first kappa shape index (κ1) is 16.1. The van der Waals surface area contributed by atoms with Crippen molar-refractivity contribution in [1.82, 2.24) is 29.5 Å². The van der Waals surface area contributed by atoms with Gasteiger partial charge in [-0.05, 0) is 35.7 Å². The molecule has 0 saturated carbocycles. The largest absolute Gasteiger partial charge is 0.287 e. The smallest absolute Gasteiger partial charge is 0.209 e. The minimum Gasteiger partial charge on any atom is -0.287 e. The van der Waals surface area contributed by atoms with Crippen LogP contribution in [0.4, 0.5) is 0 Å². The van der Waals surface area contributed by atoms with E-state index in [4.69, 9.17) is 0 Å². The van der Waals surface area contributed by atoms with Crippen molar-refractivity contribution in [3.8, 4) is 22.8 Å². The van der Waals surface area contributed by atoms with Gasteiger partial charge in [0, 0.05) is 42.4 Å². The second kappa shape index (κ2) is 6.55. The van der Waals surface area contributed by atoms with Crippen molar-refractivity contribution in [2.75, 3.05) is 0 Å². The summed E-state index contributed by atoms with van der Waals surface area (Å²) in [6.07, 6.45) is 10.2. The van der Waals surface area contributed by atoms with Crippen LogP contribution >= 0.6 is 0 Å². The molecule has 4 aromatic heterocycles. The van der Waals surface area contributed by atoms with E-state index in [1.165, 1.54) is 6.07 Å². The van der Waals surface area contributed by atoms with Crippen molar-refractivity contribution in [1.29, 1.82) is 0 Å². The predicted molar refractivity (Wildman–Crippen MR) is 105 cm³/mol. The monoisotopic (exact) mass is 366 g/mol. The van der Waals surface area contributed by atoms with Gasteiger partial charge in [0.15, 0.2) is 5.69 Å². The molecule has 0 radical (unpaired) electrons. The summed E-state index contributed by atoms with van der Waals surface area (Å²) in [5, 5.41) is 11.0. The molecular weight excluding hydrogens is 352 g/mol. The highest BCUT2D eigenvalue weighted by atomic mass is 16.1. The van der Waals surface area contributed by atoms with Crippen molar-refractivity contribution in [2.45, 2.75) is 0 Å². The third-order valence-corrected chi connectivity index (χ3v) is 4.51. The predicted octanol–water partition coefficient (Wildman–Crippen LogP) is 3.03. The number of hydrogen-bond acceptors (Lipinski definition) is 5. The number of rotatable bonds is 3. The molecule has 5 rings (SSSR count). The van der Waals surface area contributed by atoms with E-state index in [1.54, 1.807) is 52.6 Å². The van der Waals surface area contributed by atoms with Crippen molar-refractivity contribution in [3.05, 3.63) is 95.9 Å². The first-order valence-electron chi connectivity index (χ1n) is 8.69. The third-order valence-electron chi connectivity index (χ3n) is 4.51. The lowest BCUT2D eigenvalue weighted by Crippen LogP contribution is -2.15. The Labute approximate surface area is 159 Å². The average Bonchev–Trinajstić information content (AvgIpc) is 3.24. The molecule has 134 valence electrons. The fourth-order valence-corrected chi connectivity index (χ4v) is 3.18. The van der Waals surface area contributed by atoms with Crippen LogP contribution in [0.1, 0.15) is 0 Å². The summed E-state index contributed by atoms with van der Waals surface area (Å²) in [5.74, 6) is 0. The SMILES string of the molecule is O=c1ccn(-c2ccncc2)nc1-c1ccnn1-c1cccc2ccncc12. The lowest BCUT2D eigenvalue weighted by Gasteiger charge is -2.11. The van der Waals surface area contributed by atoms with Crippen molar-refractivity contribution < 1.29 is 0 Å². The Balaban J connectivity index is 1.71. The first-order valence-corrected chi connectivity index (χ1v) is 8.69. The molecule has 0 N–H and O–H groups in total. The van der Waals surface area contributed by atoms with Crippen LogP contribution in [0, 0.1) is 0 Å². The molecule has 0 fully saturated rings. The molecule has 0 aliphatic carbocycles. The van der Waals surface area contributed by atoms with Gasteiger partial charge in [0.1, 0.15) is 0 Å². The number of pyridine rings is 2. The molecule has 1 aromatic carbocycles. The lowest BCUT2D eigenvalue weighted by atomic mass is 10.1. The standard InChI is InChI=1S/C21H14N6O/c28-20-8-13-26(16-5-10-22-11-6-16)25-21(20)19-7-12-24-27(19)18-3-1-2-15-4-9-23-14-17(15)18/h1-14H. The van der Waals surface area contributed by atoms with Gasteiger partial charge in [0.05, 0.1) is 23.3 Å². The molecule has 4 heterocycles. The van der Waals surface area contributed by atoms with Crippen LogP contribution in [0.5, 0.6) is 0 Å². The second-order valence-electron chi connectivity index (χ2n) is 6.18. The first-order chi connectivity index (χ1) is 13.8. The van der Waals surface area contributed by atoms with Crippen LogP contribution in [0.25, 0.3) is 33.5 Å². The van der Waals surface area contributed by atoms with Gasteiger partial charge in [-0.3, -0.25) is 14.8 Å². The molecule has 5 aromatic rings. The van der Waals surface area contributed by atoms with Gasteiger partial charge in [-0.15, -0.1) is 0 Å². The van der Waals surface area contributed by atoms with E-state index in [0.717, 1.165) is 22.1 Å². The summed E-state index contributed by atoms with van der Waals surface area (Å²) in [5.41, 5.74) is 2.41. The molecule has 0 aliphatic rings. The summed E-state index contributed by atoms with van der Waals surface area (Å²) in [7, 11) is 0. The minimum absolute atomic E-state index is 0.176. The number of hydrogen-bond donors (Lipinski definition) is 0. The zero-order valence-corrected chi connectivity index (χ0v) is 14.7. The van der Waals surface area contributed by atoms with E-state index in [-0.39, 0.29) is 5.43 Å². The average molecular weight is 366 g/mol. The van der Waals surface area contributed by atoms with E-state index in [9.17, 15) is 4.79 Å². The zero-order valence-electron chi connectivity index (χ0n) is 14.7. The molecule has 0 aliphatic heterocycles. The molecule has 28 heavy (non-hydrogen) atoms. The lowest BCUT2D eigenvalue weighted by molar-refractivity contribution is 0.823. The number of aromatic nitrogens is 6. The number of benzene rings is 1. The van der Waals surface area contributed by atoms with Gasteiger partial charge in [-0.25, -0.2) is 9.36 Å². The molecule has 0 amide bonds. The number of fused-ring (bicyclic) bond motifs is 1. The summed E-state index contributed by atoms with van der Waals surface area (Å²) in [6.45, 7) is 0. The van der Waals surface area contributed by atoms with Crippen LogP contribution in [0.3, 0.4) is 0 Å². The molecule has 0 unspecified atom stereocenters. The molecule has 0 bridgehead atoms. The molecule has 0 spiro atoms. The van der Waals surface area contributed by atoms with Crippen LogP contribution in [0.2, 0.25) is 0 Å². The quantitative estimate of drug-likeness (QED) is 0.490. The highest BCUT2D eigenvalue weighted by molar-refractivity contribution is 5.89. The van der Waals surface area contributed by atoms with Crippen molar-refractivity contribution >= 4 is 10.8 Å². The second-order valence-corrected chi connectivity index (χ2v) is 6.18. The van der Waals surface area contributed by atoms with Gasteiger partial charge in [-0.1, -0.05) is 12.1 Å². The topological polar surface area (TPSA) is 78.5 Å². The molecular formula is C21H14N6O. The highest BCUT2D eigenvalue weighted by Gasteiger charge is 2.15. The minimum atomic E-state index is -0.176. The highest BCUT2D eigenvalue weighted by Crippen LogP contribution is 2.25. The summed E-state index contributed by atoms with van der Waals surface area (Å²) >= 11 is 0. The van der Waals surface area contributed by atoms with Gasteiger partial charge >= 0.3 is 0 Å². The van der Waals surface area contributed by atoms with E-state index in [0.29, 0.717) is 11.4 Å². The van der Waals surface area contributed by atoms with Crippen LogP contribution < -0.4 is 5.43 Å². The van der Waals surface area contributed by atoms with Crippen LogP contribution in [-0.4, -0.2) is 29.5 Å². The Kier molecular flexibility index (Phi) is 3.76. The maximum absolute atomic E-state index is 12.6. The summed E-state index contributed by atoms with van der Waals surface area (Å²) in [4.78, 5) is 20.9. The summed E-state index contributed by atoms with van der Waals surface area (Å²) in [6, 6.07) is 14.8. The van der Waals surface area contributed by atoms with Gasteiger partial charge in [-0.2, -0.15) is 10.2 Å². The Morgan fingerprint density at radius 3 is 2.57 bits per heavy atom. The number of nitrogens with zero attached hydrogens (tertiary/aromatic N) is 6. The molecule has 0 atom stereocenters. The van der Waals surface area contributed by atoms with E-state index in [1.807, 2.05) is 36.4 Å². The fourth-order valence-electron chi connectivity index (χ4n) is 3.18. The third kappa shape index (κ3) is 2.66. The van der Waals surface area contributed by atoms with E-state index >= 15 is 0 Å². The van der Waals surface area contributed by atoms with Crippen LogP contribution in [0.15, 0.2) is 90.5 Å². The van der Waals surface area contributed by atoms with E-state index < -0.39 is 0 Å². The van der Waals surface area contributed by atoms with Crippen LogP contribution in [-0.2, 0) is 0 Å². The van der Waals surface area contributed by atoms with Gasteiger partial charge in [0.25, 0.3) is 0 Å². The van der Waals surface area contributed by atoms with Gasteiger partial charge < -0.3 is 0 Å². The maximum atomic E-state index is 12.6. The Hall–Kier alpha value is -4.13. The Bertz CT molecular complexity index is 1330. The fraction of sp³-hybridized carbons (Fsp3) is 0. The van der Waals surface area contributed by atoms with Crippen molar-refractivity contribution in [3.63, 3.8) is 0 Å². The summed E-state index contributed by atoms with van der Waals surface area (Å²) < 4.78 is 3.38. The normalized spacial score (nSPS) is 11.0. The maximum Gasteiger partial charge on any atom is 0.209 e. The Morgan fingerprint density at radius 2 is 1.68 bits per heavy atom. The van der Waals surface area contributed by atoms with Crippen molar-refractivity contribution in [2.24, 2.45) is 0 Å². The molecule has 7 heteroatoms. The zero-order chi connectivity index (χ0) is 18.9. The Morgan fingerprint density at radius 1 is 0.821 bits per heavy atom. The van der Waals surface area contributed by atoms with E-state index in [2.05, 4.69) is 20.2 Å². The molecule has 7 nitrogen and oxygen atoms in total. The van der Waals surface area contributed by atoms with Gasteiger partial charge in [0.2, 0.25) is 5.43 Å².